The highest BCUT2D eigenvalue weighted by Gasteiger charge is 2.43. The molecule has 0 aromatic heterocycles. The molecule has 2 heterocycles. The fourth-order valence-corrected chi connectivity index (χ4v) is 4.87. The van der Waals surface area contributed by atoms with Gasteiger partial charge in [0.15, 0.2) is 0 Å². The molecule has 3 rings (SSSR count). The third-order valence-electron chi connectivity index (χ3n) is 6.69. The molecule has 0 aromatic carbocycles. The van der Waals surface area contributed by atoms with Crippen molar-refractivity contribution in [3.8, 4) is 0 Å². The Balaban J connectivity index is 1.48. The second-order valence-electron chi connectivity index (χ2n) is 8.84. The Morgan fingerprint density at radius 1 is 1.21 bits per heavy atom. The molecule has 28 heavy (non-hydrogen) atoms. The van der Waals surface area contributed by atoms with Crippen LogP contribution in [0.4, 0.5) is 13.2 Å². The van der Waals surface area contributed by atoms with Crippen molar-refractivity contribution in [3.63, 3.8) is 0 Å². The molecule has 5 unspecified atom stereocenters. The molecular weight excluding hydrogens is 371 g/mol. The molecule has 2 aliphatic heterocycles. The summed E-state index contributed by atoms with van der Waals surface area (Å²) in [5.74, 6) is 0.771. The standard InChI is InChI=1S/C19H34F3N5O/c1-12(9-17-26-23-11-27(17)2)13-5-3-6-14(10-13)24-18(28)15-7-4-8-16(25-15)19(20,21)22/h12-17,23,25-26H,3-11H2,1-2H3,(H,24,28)/t12-,13?,14?,15?,16?,17?/m1/s1. The molecule has 0 radical (unpaired) electrons. The van der Waals surface area contributed by atoms with Gasteiger partial charge in [0.25, 0.3) is 0 Å². The number of amides is 1. The van der Waals surface area contributed by atoms with Crippen molar-refractivity contribution < 1.29 is 18.0 Å². The molecule has 0 aromatic rings. The van der Waals surface area contributed by atoms with E-state index in [1.807, 2.05) is 0 Å². The van der Waals surface area contributed by atoms with Crippen LogP contribution in [0.15, 0.2) is 0 Å². The van der Waals surface area contributed by atoms with E-state index in [1.54, 1.807) is 0 Å². The lowest BCUT2D eigenvalue weighted by atomic mass is 9.77. The van der Waals surface area contributed by atoms with Crippen molar-refractivity contribution in [2.75, 3.05) is 13.7 Å². The second kappa shape index (κ2) is 9.28. The number of hydrazine groups is 1. The lowest BCUT2D eigenvalue weighted by Gasteiger charge is -2.36. The minimum atomic E-state index is -4.29. The van der Waals surface area contributed by atoms with E-state index in [1.165, 1.54) is 0 Å². The van der Waals surface area contributed by atoms with Gasteiger partial charge >= 0.3 is 6.18 Å². The quantitative estimate of drug-likeness (QED) is 0.564. The number of halogens is 3. The molecule has 1 saturated carbocycles. The van der Waals surface area contributed by atoms with Crippen LogP contribution >= 0.6 is 0 Å². The Hall–Kier alpha value is -0.900. The Bertz CT molecular complexity index is 532. The Morgan fingerprint density at radius 2 is 1.96 bits per heavy atom. The predicted octanol–water partition coefficient (Wildman–Crippen LogP) is 2.08. The number of carbonyl (C=O) groups excluding carboxylic acids is 1. The number of hydrogen-bond donors (Lipinski definition) is 4. The van der Waals surface area contributed by atoms with E-state index < -0.39 is 18.3 Å². The summed E-state index contributed by atoms with van der Waals surface area (Å²) in [5, 5.41) is 5.55. The molecule has 3 fully saturated rings. The third-order valence-corrected chi connectivity index (χ3v) is 6.69. The summed E-state index contributed by atoms with van der Waals surface area (Å²) in [6.07, 6.45) is 2.02. The van der Waals surface area contributed by atoms with Gasteiger partial charge in [0.1, 0.15) is 6.04 Å². The van der Waals surface area contributed by atoms with E-state index in [4.69, 9.17) is 0 Å². The molecule has 1 aliphatic carbocycles. The number of alkyl halides is 3. The molecule has 3 aliphatic rings. The summed E-state index contributed by atoms with van der Waals surface area (Å²) in [4.78, 5) is 14.8. The maximum Gasteiger partial charge on any atom is 0.403 e. The molecule has 2 saturated heterocycles. The fraction of sp³-hybridized carbons (Fsp3) is 0.947. The average Bonchev–Trinajstić information content (AvgIpc) is 3.06. The first-order valence-electron chi connectivity index (χ1n) is 10.6. The summed E-state index contributed by atoms with van der Waals surface area (Å²) >= 11 is 0. The first-order chi connectivity index (χ1) is 13.2. The molecule has 162 valence electrons. The topological polar surface area (TPSA) is 68.4 Å². The van der Waals surface area contributed by atoms with Crippen molar-refractivity contribution in [1.29, 1.82) is 0 Å². The van der Waals surface area contributed by atoms with Gasteiger partial charge in [-0.05, 0) is 57.4 Å². The minimum Gasteiger partial charge on any atom is -0.352 e. The van der Waals surface area contributed by atoms with Crippen molar-refractivity contribution in [2.45, 2.75) is 88.8 Å². The molecule has 6 nitrogen and oxygen atoms in total. The highest BCUT2D eigenvalue weighted by atomic mass is 19.4. The van der Waals surface area contributed by atoms with Crippen LogP contribution in [-0.2, 0) is 4.79 Å². The summed E-state index contributed by atoms with van der Waals surface area (Å²) < 4.78 is 38.9. The van der Waals surface area contributed by atoms with Gasteiger partial charge < -0.3 is 5.32 Å². The number of nitrogens with one attached hydrogen (secondary N) is 4. The Morgan fingerprint density at radius 3 is 2.64 bits per heavy atom. The van der Waals surface area contributed by atoms with Crippen LogP contribution in [-0.4, -0.2) is 55.0 Å². The van der Waals surface area contributed by atoms with Crippen LogP contribution < -0.4 is 21.5 Å². The molecule has 9 heteroatoms. The third kappa shape index (κ3) is 5.58. The summed E-state index contributed by atoms with van der Waals surface area (Å²) in [6, 6.07) is -2.24. The van der Waals surface area contributed by atoms with Crippen LogP contribution in [0.1, 0.15) is 58.3 Å². The maximum atomic E-state index is 13.0. The van der Waals surface area contributed by atoms with E-state index in [-0.39, 0.29) is 18.4 Å². The molecule has 4 N–H and O–H groups in total. The van der Waals surface area contributed by atoms with Gasteiger partial charge in [-0.25, -0.2) is 10.9 Å². The van der Waals surface area contributed by atoms with E-state index in [0.29, 0.717) is 30.8 Å². The largest absolute Gasteiger partial charge is 0.403 e. The number of piperidine rings is 1. The normalized spacial score (nSPS) is 36.2. The molecular formula is C19H34F3N5O. The van der Waals surface area contributed by atoms with Crippen LogP contribution in [0.25, 0.3) is 0 Å². The molecule has 0 bridgehead atoms. The van der Waals surface area contributed by atoms with Crippen molar-refractivity contribution in [1.82, 2.24) is 26.4 Å². The van der Waals surface area contributed by atoms with Crippen LogP contribution in [0.5, 0.6) is 0 Å². The van der Waals surface area contributed by atoms with Gasteiger partial charge in [-0.1, -0.05) is 19.8 Å². The molecule has 0 spiro atoms. The van der Waals surface area contributed by atoms with Gasteiger partial charge in [-0.2, -0.15) is 13.2 Å². The van der Waals surface area contributed by atoms with Crippen molar-refractivity contribution in [3.05, 3.63) is 0 Å². The number of hydrogen-bond acceptors (Lipinski definition) is 5. The smallest absolute Gasteiger partial charge is 0.352 e. The maximum absolute atomic E-state index is 13.0. The van der Waals surface area contributed by atoms with Crippen molar-refractivity contribution >= 4 is 5.91 Å². The zero-order valence-corrected chi connectivity index (χ0v) is 16.8. The first kappa shape index (κ1) is 21.8. The second-order valence-corrected chi connectivity index (χ2v) is 8.84. The Kier molecular flexibility index (Phi) is 7.22. The minimum absolute atomic E-state index is 0.0504. The molecule has 1 amide bonds. The van der Waals surface area contributed by atoms with Gasteiger partial charge in [0.05, 0.1) is 18.9 Å². The summed E-state index contributed by atoms with van der Waals surface area (Å²) in [7, 11) is 2.08. The van der Waals surface area contributed by atoms with Gasteiger partial charge in [0, 0.05) is 6.04 Å². The first-order valence-corrected chi connectivity index (χ1v) is 10.6. The van der Waals surface area contributed by atoms with Crippen LogP contribution in [0.2, 0.25) is 0 Å². The van der Waals surface area contributed by atoms with E-state index >= 15 is 0 Å². The van der Waals surface area contributed by atoms with Gasteiger partial charge in [-0.3, -0.25) is 15.0 Å². The van der Waals surface area contributed by atoms with E-state index in [0.717, 1.165) is 38.8 Å². The lowest BCUT2D eigenvalue weighted by Crippen LogP contribution is -2.57. The zero-order chi connectivity index (χ0) is 20.3. The Labute approximate surface area is 165 Å². The summed E-state index contributed by atoms with van der Waals surface area (Å²) in [5.41, 5.74) is 6.43. The van der Waals surface area contributed by atoms with E-state index in [2.05, 4.69) is 40.4 Å². The van der Waals surface area contributed by atoms with Crippen LogP contribution in [0, 0.1) is 11.8 Å². The monoisotopic (exact) mass is 405 g/mol. The number of carbonyl (C=O) groups is 1. The predicted molar refractivity (Wildman–Crippen MR) is 101 cm³/mol. The highest BCUT2D eigenvalue weighted by molar-refractivity contribution is 5.82. The van der Waals surface area contributed by atoms with Crippen LogP contribution in [0.3, 0.4) is 0 Å². The number of rotatable bonds is 5. The SMILES string of the molecule is C[C@H](CC1NNCN1C)C1CCCC(NC(=O)C2CCCC(C(F)(F)F)N2)C1. The van der Waals surface area contributed by atoms with Gasteiger partial charge in [0.2, 0.25) is 5.91 Å². The van der Waals surface area contributed by atoms with E-state index in [9.17, 15) is 18.0 Å². The van der Waals surface area contributed by atoms with Crippen molar-refractivity contribution in [2.24, 2.45) is 11.8 Å². The fourth-order valence-electron chi connectivity index (χ4n) is 4.87. The average molecular weight is 406 g/mol. The zero-order valence-electron chi connectivity index (χ0n) is 16.8. The summed E-state index contributed by atoms with van der Waals surface area (Å²) in [6.45, 7) is 3.09. The van der Waals surface area contributed by atoms with Gasteiger partial charge in [-0.15, -0.1) is 0 Å². The highest BCUT2D eigenvalue weighted by Crippen LogP contribution is 2.33. The molecule has 6 atom stereocenters. The lowest BCUT2D eigenvalue weighted by molar-refractivity contribution is -0.164. The number of nitrogens with zero attached hydrogens (tertiary/aromatic N) is 1.